The quantitative estimate of drug-likeness (QED) is 0.499. The van der Waals surface area contributed by atoms with Crippen molar-refractivity contribution in [1.82, 2.24) is 15.2 Å². The molecule has 154 valence electrons. The van der Waals surface area contributed by atoms with E-state index in [1.807, 2.05) is 54.7 Å². The van der Waals surface area contributed by atoms with Crippen molar-refractivity contribution >= 4 is 33.3 Å². The van der Waals surface area contributed by atoms with Crippen LogP contribution in [-0.4, -0.2) is 34.3 Å². The monoisotopic (exact) mass is 483 g/mol. The van der Waals surface area contributed by atoms with Gasteiger partial charge in [-0.15, -0.1) is 0 Å². The first-order valence-electron chi connectivity index (χ1n) is 10.1. The summed E-state index contributed by atoms with van der Waals surface area (Å²) in [7, 11) is 0. The van der Waals surface area contributed by atoms with Gasteiger partial charge in [-0.25, -0.2) is 0 Å². The molecule has 4 heterocycles. The second kappa shape index (κ2) is 8.49. The summed E-state index contributed by atoms with van der Waals surface area (Å²) in [5.41, 5.74) is 1.99. The number of nitrogens with zero attached hydrogens (tertiary/aromatic N) is 2. The van der Waals surface area contributed by atoms with E-state index in [0.717, 1.165) is 53.2 Å². The molecule has 0 amide bonds. The van der Waals surface area contributed by atoms with Gasteiger partial charge in [-0.05, 0) is 61.5 Å². The van der Waals surface area contributed by atoms with E-state index in [-0.39, 0.29) is 18.2 Å². The van der Waals surface area contributed by atoms with E-state index < -0.39 is 0 Å². The van der Waals surface area contributed by atoms with Crippen molar-refractivity contribution in [2.24, 2.45) is 0 Å². The average molecular weight is 484 g/mol. The van der Waals surface area contributed by atoms with Gasteiger partial charge in [-0.2, -0.15) is 0 Å². The molecular weight excluding hydrogens is 462 g/mol. The van der Waals surface area contributed by atoms with E-state index in [1.165, 1.54) is 0 Å². The number of ether oxygens (including phenoxy) is 1. The molecule has 30 heavy (non-hydrogen) atoms. The summed E-state index contributed by atoms with van der Waals surface area (Å²) in [5, 5.41) is 4.19. The number of thiocarbonyl (C=S) groups is 1. The SMILES string of the molecule is S=C1NC(c2ccccn2)C(c2ccc(-c3ccc(Br)cc3)o2)N1CC1CCCO1. The second-order valence-corrected chi connectivity index (χ2v) is 8.93. The van der Waals surface area contributed by atoms with Crippen LogP contribution >= 0.6 is 28.1 Å². The molecule has 2 aliphatic heterocycles. The molecule has 0 radical (unpaired) electrons. The van der Waals surface area contributed by atoms with Crippen LogP contribution in [0, 0.1) is 0 Å². The van der Waals surface area contributed by atoms with E-state index in [1.54, 1.807) is 0 Å². The number of nitrogens with one attached hydrogen (secondary N) is 1. The van der Waals surface area contributed by atoms with Gasteiger partial charge in [0.05, 0.1) is 17.8 Å². The fraction of sp³-hybridized carbons (Fsp3) is 0.304. The Morgan fingerprint density at radius 3 is 2.73 bits per heavy atom. The third kappa shape index (κ3) is 3.89. The molecule has 5 nitrogen and oxygen atoms in total. The van der Waals surface area contributed by atoms with Gasteiger partial charge in [0, 0.05) is 29.4 Å². The minimum atomic E-state index is -0.0826. The van der Waals surface area contributed by atoms with E-state index >= 15 is 0 Å². The standard InChI is InChI=1S/C23H22BrN3O2S/c24-16-8-6-15(7-9-16)19-10-11-20(29-19)22-21(18-5-1-2-12-25-18)26-23(30)27(22)14-17-4-3-13-28-17/h1-2,5-12,17,21-22H,3-4,13-14H2,(H,26,30). The molecule has 2 fully saturated rings. The lowest BCUT2D eigenvalue weighted by Crippen LogP contribution is -2.36. The van der Waals surface area contributed by atoms with Crippen LogP contribution in [0.2, 0.25) is 0 Å². The Labute approximate surface area is 189 Å². The summed E-state index contributed by atoms with van der Waals surface area (Å²) >= 11 is 9.22. The lowest BCUT2D eigenvalue weighted by atomic mass is 10.0. The zero-order valence-corrected chi connectivity index (χ0v) is 18.7. The van der Waals surface area contributed by atoms with Crippen LogP contribution in [0.1, 0.15) is 36.4 Å². The third-order valence-electron chi connectivity index (χ3n) is 5.67. The van der Waals surface area contributed by atoms with Crippen LogP contribution in [0.3, 0.4) is 0 Å². The van der Waals surface area contributed by atoms with Crippen molar-refractivity contribution in [2.75, 3.05) is 13.2 Å². The highest BCUT2D eigenvalue weighted by Gasteiger charge is 2.42. The Morgan fingerprint density at radius 1 is 1.13 bits per heavy atom. The normalized spacial score (nSPS) is 23.7. The van der Waals surface area contributed by atoms with Crippen molar-refractivity contribution in [2.45, 2.75) is 31.0 Å². The molecule has 0 bridgehead atoms. The molecule has 2 saturated heterocycles. The highest BCUT2D eigenvalue weighted by atomic mass is 79.9. The molecule has 0 saturated carbocycles. The van der Waals surface area contributed by atoms with Crippen molar-refractivity contribution in [3.05, 3.63) is 76.7 Å². The van der Waals surface area contributed by atoms with Gasteiger partial charge in [0.25, 0.3) is 0 Å². The smallest absolute Gasteiger partial charge is 0.170 e. The maximum atomic E-state index is 6.36. The maximum absolute atomic E-state index is 6.36. The highest BCUT2D eigenvalue weighted by Crippen LogP contribution is 2.41. The van der Waals surface area contributed by atoms with Gasteiger partial charge >= 0.3 is 0 Å². The predicted octanol–water partition coefficient (Wildman–Crippen LogP) is 5.26. The topological polar surface area (TPSA) is 50.5 Å². The zero-order valence-electron chi connectivity index (χ0n) is 16.3. The predicted molar refractivity (Wildman–Crippen MR) is 123 cm³/mol. The third-order valence-corrected chi connectivity index (χ3v) is 6.55. The number of halogens is 1. The molecule has 5 rings (SSSR count). The first kappa shape index (κ1) is 19.7. The Morgan fingerprint density at radius 2 is 2.00 bits per heavy atom. The van der Waals surface area contributed by atoms with Crippen LogP contribution in [0.5, 0.6) is 0 Å². The first-order chi connectivity index (χ1) is 14.7. The Bertz CT molecular complexity index is 1020. The lowest BCUT2D eigenvalue weighted by Gasteiger charge is -2.28. The van der Waals surface area contributed by atoms with Crippen LogP contribution in [0.4, 0.5) is 0 Å². The largest absolute Gasteiger partial charge is 0.459 e. The molecular formula is C23H22BrN3O2S. The van der Waals surface area contributed by atoms with Crippen molar-refractivity contribution < 1.29 is 9.15 Å². The summed E-state index contributed by atoms with van der Waals surface area (Å²) in [4.78, 5) is 6.79. The van der Waals surface area contributed by atoms with E-state index in [4.69, 9.17) is 21.4 Å². The lowest BCUT2D eigenvalue weighted by molar-refractivity contribution is 0.0818. The number of hydrogen-bond acceptors (Lipinski definition) is 4. The first-order valence-corrected chi connectivity index (χ1v) is 11.3. The van der Waals surface area contributed by atoms with Crippen LogP contribution in [0.15, 0.2) is 69.7 Å². The Balaban J connectivity index is 1.50. The van der Waals surface area contributed by atoms with Gasteiger partial charge in [0.1, 0.15) is 17.6 Å². The molecule has 3 aromatic rings. The van der Waals surface area contributed by atoms with E-state index in [9.17, 15) is 0 Å². The molecule has 1 aromatic carbocycles. The summed E-state index contributed by atoms with van der Waals surface area (Å²) in [6, 6.07) is 18.0. The van der Waals surface area contributed by atoms with Gasteiger partial charge in [0.15, 0.2) is 5.11 Å². The Kier molecular flexibility index (Phi) is 5.58. The van der Waals surface area contributed by atoms with Crippen LogP contribution in [0.25, 0.3) is 11.3 Å². The number of aromatic nitrogens is 1. The van der Waals surface area contributed by atoms with Crippen molar-refractivity contribution in [1.29, 1.82) is 0 Å². The number of hydrogen-bond donors (Lipinski definition) is 1. The Hall–Kier alpha value is -2.22. The zero-order chi connectivity index (χ0) is 20.5. The van der Waals surface area contributed by atoms with Crippen LogP contribution < -0.4 is 5.32 Å². The van der Waals surface area contributed by atoms with E-state index in [0.29, 0.717) is 5.11 Å². The van der Waals surface area contributed by atoms with Gasteiger partial charge in [-0.1, -0.05) is 34.1 Å². The molecule has 7 heteroatoms. The molecule has 3 atom stereocenters. The second-order valence-electron chi connectivity index (χ2n) is 7.62. The molecule has 3 unspecified atom stereocenters. The van der Waals surface area contributed by atoms with Gasteiger partial charge in [-0.3, -0.25) is 4.98 Å². The van der Waals surface area contributed by atoms with Crippen molar-refractivity contribution in [3.8, 4) is 11.3 Å². The number of rotatable bonds is 5. The summed E-state index contributed by atoms with van der Waals surface area (Å²) in [6.45, 7) is 1.57. The minimum absolute atomic E-state index is 0.0796. The average Bonchev–Trinajstić information content (AvgIpc) is 3.51. The van der Waals surface area contributed by atoms with E-state index in [2.05, 4.69) is 37.2 Å². The summed E-state index contributed by atoms with van der Waals surface area (Å²) in [5.74, 6) is 1.71. The molecule has 0 spiro atoms. The molecule has 2 aliphatic rings. The number of benzene rings is 1. The highest BCUT2D eigenvalue weighted by molar-refractivity contribution is 9.10. The molecule has 2 aromatic heterocycles. The van der Waals surface area contributed by atoms with Gasteiger partial charge in [0.2, 0.25) is 0 Å². The fourth-order valence-electron chi connectivity index (χ4n) is 4.20. The summed E-state index contributed by atoms with van der Waals surface area (Å²) < 4.78 is 13.3. The minimum Gasteiger partial charge on any atom is -0.459 e. The number of furan rings is 1. The summed E-state index contributed by atoms with van der Waals surface area (Å²) in [6.07, 6.45) is 4.16. The maximum Gasteiger partial charge on any atom is 0.170 e. The molecule has 0 aliphatic carbocycles. The van der Waals surface area contributed by atoms with Crippen molar-refractivity contribution in [3.63, 3.8) is 0 Å². The van der Waals surface area contributed by atoms with Crippen LogP contribution in [-0.2, 0) is 4.74 Å². The fourth-order valence-corrected chi connectivity index (χ4v) is 4.78. The molecule has 1 N–H and O–H groups in total. The van der Waals surface area contributed by atoms with Gasteiger partial charge < -0.3 is 19.4 Å². The number of pyridine rings is 1.